The van der Waals surface area contributed by atoms with Crippen LogP contribution in [-0.2, 0) is 11.3 Å². The number of nitrogens with zero attached hydrogens (tertiary/aromatic N) is 2. The van der Waals surface area contributed by atoms with Gasteiger partial charge < -0.3 is 5.11 Å². The van der Waals surface area contributed by atoms with Crippen molar-refractivity contribution in [3.63, 3.8) is 0 Å². The molecule has 0 aliphatic heterocycles. The molecule has 4 aliphatic carbocycles. The molecule has 1 N–H and O–H groups in total. The van der Waals surface area contributed by atoms with Gasteiger partial charge >= 0.3 is 0 Å². The Morgan fingerprint density at radius 2 is 2.03 bits per heavy atom. The highest BCUT2D eigenvalue weighted by atomic mass is 16.3. The second-order valence-electron chi connectivity index (χ2n) is 11.3. The van der Waals surface area contributed by atoms with E-state index in [2.05, 4.69) is 25.0 Å². The molecule has 3 saturated carbocycles. The zero-order valence-corrected chi connectivity index (χ0v) is 18.2. The van der Waals surface area contributed by atoms with E-state index in [0.29, 0.717) is 30.1 Å². The smallest absolute Gasteiger partial charge is 0.157 e. The van der Waals surface area contributed by atoms with Gasteiger partial charge in [-0.25, -0.2) is 0 Å². The fourth-order valence-corrected chi connectivity index (χ4v) is 7.90. The molecule has 0 amide bonds. The summed E-state index contributed by atoms with van der Waals surface area (Å²) >= 11 is 0. The second-order valence-corrected chi connectivity index (χ2v) is 11.3. The highest BCUT2D eigenvalue weighted by Crippen LogP contribution is 2.66. The van der Waals surface area contributed by atoms with Crippen molar-refractivity contribution in [1.29, 1.82) is 0 Å². The third-order valence-electron chi connectivity index (χ3n) is 9.58. The van der Waals surface area contributed by atoms with E-state index < -0.39 is 5.60 Å². The lowest BCUT2D eigenvalue weighted by Gasteiger charge is -2.58. The lowest BCUT2D eigenvalue weighted by Crippen LogP contribution is -2.51. The number of rotatable bonds is 3. The van der Waals surface area contributed by atoms with Crippen molar-refractivity contribution in [2.75, 3.05) is 0 Å². The summed E-state index contributed by atoms with van der Waals surface area (Å²) < 4.78 is 1.78. The molecule has 1 aromatic heterocycles. The Morgan fingerprint density at radius 3 is 2.79 bits per heavy atom. The highest BCUT2D eigenvalue weighted by Gasteiger charge is 2.58. The van der Waals surface area contributed by atoms with Gasteiger partial charge in [0.2, 0.25) is 0 Å². The van der Waals surface area contributed by atoms with Crippen LogP contribution in [0.3, 0.4) is 0 Å². The van der Waals surface area contributed by atoms with Crippen LogP contribution < -0.4 is 0 Å². The molecular formula is C25H36N2O2. The van der Waals surface area contributed by atoms with E-state index in [1.165, 1.54) is 19.3 Å². The van der Waals surface area contributed by atoms with E-state index in [9.17, 15) is 9.90 Å². The van der Waals surface area contributed by atoms with Gasteiger partial charge in [-0.3, -0.25) is 9.48 Å². The third kappa shape index (κ3) is 2.97. The predicted octanol–water partition coefficient (Wildman–Crippen LogP) is 4.78. The molecule has 0 bridgehead atoms. The average Bonchev–Trinajstić information content (AvgIpc) is 3.29. The Balaban J connectivity index is 1.40. The van der Waals surface area contributed by atoms with Crippen LogP contribution in [0, 0.1) is 34.5 Å². The van der Waals surface area contributed by atoms with Crippen LogP contribution in [0.25, 0.3) is 0 Å². The maximum absolute atomic E-state index is 13.2. The van der Waals surface area contributed by atoms with Crippen molar-refractivity contribution in [1.82, 2.24) is 9.78 Å². The summed E-state index contributed by atoms with van der Waals surface area (Å²) in [4.78, 5) is 13.2. The van der Waals surface area contributed by atoms with E-state index in [-0.39, 0.29) is 16.7 Å². The number of Topliss-reactive ketones (excluding diaryl/α,β-unsaturated/α-hetero) is 1. The van der Waals surface area contributed by atoms with Gasteiger partial charge in [-0.15, -0.1) is 0 Å². The normalized spacial score (nSPS) is 46.4. The first-order valence-electron chi connectivity index (χ1n) is 11.7. The zero-order valence-electron chi connectivity index (χ0n) is 18.2. The van der Waals surface area contributed by atoms with Crippen LogP contribution in [0.15, 0.2) is 30.1 Å². The number of carbonyl (C=O) groups is 1. The minimum atomic E-state index is -0.488. The van der Waals surface area contributed by atoms with E-state index >= 15 is 0 Å². The van der Waals surface area contributed by atoms with E-state index in [4.69, 9.17) is 0 Å². The van der Waals surface area contributed by atoms with Crippen LogP contribution in [0.1, 0.15) is 72.1 Å². The molecule has 29 heavy (non-hydrogen) atoms. The van der Waals surface area contributed by atoms with Crippen LogP contribution >= 0.6 is 0 Å². The Morgan fingerprint density at radius 1 is 1.21 bits per heavy atom. The summed E-state index contributed by atoms with van der Waals surface area (Å²) in [5, 5.41) is 14.9. The van der Waals surface area contributed by atoms with Crippen molar-refractivity contribution >= 4 is 5.78 Å². The fourth-order valence-electron chi connectivity index (χ4n) is 7.90. The summed E-state index contributed by atoms with van der Waals surface area (Å²) in [7, 11) is 0. The van der Waals surface area contributed by atoms with Gasteiger partial charge in [0.05, 0.1) is 12.1 Å². The number of carbonyl (C=O) groups excluding carboxylic acids is 1. The molecule has 0 radical (unpaired) electrons. The number of aromatic nitrogens is 2. The molecule has 5 rings (SSSR count). The molecule has 0 saturated heterocycles. The van der Waals surface area contributed by atoms with E-state index in [1.807, 2.05) is 19.2 Å². The minimum absolute atomic E-state index is 0.0990. The van der Waals surface area contributed by atoms with Gasteiger partial charge in [-0.1, -0.05) is 25.5 Å². The van der Waals surface area contributed by atoms with Crippen LogP contribution in [0.4, 0.5) is 0 Å². The molecule has 1 aromatic rings. The predicted molar refractivity (Wildman–Crippen MR) is 113 cm³/mol. The first kappa shape index (κ1) is 19.5. The maximum Gasteiger partial charge on any atom is 0.157 e. The van der Waals surface area contributed by atoms with Crippen molar-refractivity contribution in [2.24, 2.45) is 34.5 Å². The van der Waals surface area contributed by atoms with E-state index in [0.717, 1.165) is 32.1 Å². The molecular weight excluding hydrogens is 360 g/mol. The van der Waals surface area contributed by atoms with Crippen molar-refractivity contribution in [3.05, 3.63) is 30.1 Å². The molecule has 0 aromatic carbocycles. The Bertz CT molecular complexity index is 826. The van der Waals surface area contributed by atoms with Gasteiger partial charge in [0.25, 0.3) is 0 Å². The minimum Gasteiger partial charge on any atom is -0.390 e. The van der Waals surface area contributed by atoms with Crippen molar-refractivity contribution < 1.29 is 9.90 Å². The molecule has 4 heteroatoms. The van der Waals surface area contributed by atoms with Gasteiger partial charge in [-0.2, -0.15) is 5.10 Å². The quantitative estimate of drug-likeness (QED) is 0.748. The Hall–Kier alpha value is -1.42. The van der Waals surface area contributed by atoms with E-state index in [1.54, 1.807) is 16.5 Å². The Kier molecular flexibility index (Phi) is 4.40. The van der Waals surface area contributed by atoms with Crippen LogP contribution in [0.5, 0.6) is 0 Å². The van der Waals surface area contributed by atoms with Gasteiger partial charge in [-0.05, 0) is 92.9 Å². The highest BCUT2D eigenvalue weighted by molar-refractivity contribution is 5.82. The molecule has 2 unspecified atom stereocenters. The standard InChI is InChI=1S/C25H36N2O2/c1-23(29)11-12-24(2)17(15-23)5-6-18-19-7-8-21(25(19,3)10-9-20(18)24)22(28)16-27-14-4-13-26-27/h4,9,13-14,17-19,21,29H,5-8,10-12,15-16H2,1-3H3/t17-,18?,19?,21-,23-,24+,25+/m1/s1. The number of ketones is 1. The van der Waals surface area contributed by atoms with Gasteiger partial charge in [0.15, 0.2) is 5.78 Å². The number of fused-ring (bicyclic) bond motifs is 5. The molecule has 3 fully saturated rings. The van der Waals surface area contributed by atoms with Crippen LogP contribution in [0.2, 0.25) is 0 Å². The monoisotopic (exact) mass is 396 g/mol. The molecule has 7 atom stereocenters. The summed E-state index contributed by atoms with van der Waals surface area (Å²) in [5.74, 6) is 2.41. The van der Waals surface area contributed by atoms with Crippen molar-refractivity contribution in [2.45, 2.75) is 84.3 Å². The molecule has 158 valence electrons. The number of aliphatic hydroxyl groups is 1. The summed E-state index contributed by atoms with van der Waals surface area (Å²) in [5.41, 5.74) is 1.55. The summed E-state index contributed by atoms with van der Waals surface area (Å²) in [6.07, 6.45) is 14.9. The number of hydrogen-bond acceptors (Lipinski definition) is 3. The van der Waals surface area contributed by atoms with Crippen LogP contribution in [-0.4, -0.2) is 26.3 Å². The average molecular weight is 397 g/mol. The number of hydrogen-bond donors (Lipinski definition) is 1. The number of allylic oxidation sites excluding steroid dienone is 2. The topological polar surface area (TPSA) is 55.1 Å². The molecule has 0 spiro atoms. The summed E-state index contributed by atoms with van der Waals surface area (Å²) in [6, 6.07) is 1.89. The maximum atomic E-state index is 13.2. The SMILES string of the molecule is C[C@@]1(O)CC[C@]2(C)C3=CC[C@@]4(C)C(CC[C@@H]4C(=O)Cn4cccn4)C3CC[C@@H]2C1. The largest absolute Gasteiger partial charge is 0.390 e. The Labute approximate surface area is 174 Å². The third-order valence-corrected chi connectivity index (χ3v) is 9.58. The lowest BCUT2D eigenvalue weighted by atomic mass is 9.47. The first-order valence-corrected chi connectivity index (χ1v) is 11.7. The lowest BCUT2D eigenvalue weighted by molar-refractivity contribution is -0.128. The molecule has 4 aliphatic rings. The fraction of sp³-hybridized carbons (Fsp3) is 0.760. The van der Waals surface area contributed by atoms with Crippen molar-refractivity contribution in [3.8, 4) is 0 Å². The second kappa shape index (κ2) is 6.54. The van der Waals surface area contributed by atoms with Gasteiger partial charge in [0.1, 0.15) is 0 Å². The molecule has 4 nitrogen and oxygen atoms in total. The van der Waals surface area contributed by atoms with Gasteiger partial charge in [0, 0.05) is 18.3 Å². The summed E-state index contributed by atoms with van der Waals surface area (Å²) in [6.45, 7) is 7.31. The molecule has 1 heterocycles. The first-order chi connectivity index (χ1) is 13.7. The zero-order chi connectivity index (χ0) is 20.4.